The van der Waals surface area contributed by atoms with E-state index >= 15 is 0 Å². The fraction of sp³-hybridized carbons (Fsp3) is 0.278. The van der Waals surface area contributed by atoms with Crippen LogP contribution in [0.1, 0.15) is 40.7 Å². The third kappa shape index (κ3) is 3.07. The lowest BCUT2D eigenvalue weighted by Gasteiger charge is -2.13. The Morgan fingerprint density at radius 3 is 2.84 bits per heavy atom. The van der Waals surface area contributed by atoms with Crippen molar-refractivity contribution in [3.05, 3.63) is 58.7 Å². The molecule has 0 aliphatic carbocycles. The van der Waals surface area contributed by atoms with E-state index in [1.54, 1.807) is 18.2 Å². The summed E-state index contributed by atoms with van der Waals surface area (Å²) in [4.78, 5) is 14.1. The highest BCUT2D eigenvalue weighted by Gasteiger charge is 2.23. The predicted molar refractivity (Wildman–Crippen MR) is 93.9 cm³/mol. The summed E-state index contributed by atoms with van der Waals surface area (Å²) >= 11 is 1.39. The number of hydrogen-bond donors (Lipinski definition) is 1. The number of thiophene rings is 1. The summed E-state index contributed by atoms with van der Waals surface area (Å²) in [6.45, 7) is 2.83. The van der Waals surface area contributed by atoms with Gasteiger partial charge in [-0.25, -0.2) is 4.39 Å². The molecule has 0 saturated heterocycles. The Labute approximate surface area is 148 Å². The maximum absolute atomic E-state index is 13.0. The molecule has 0 saturated carbocycles. The van der Waals surface area contributed by atoms with Gasteiger partial charge in [0.05, 0.1) is 10.9 Å². The molecule has 0 radical (unpaired) electrons. The van der Waals surface area contributed by atoms with Crippen molar-refractivity contribution in [2.75, 3.05) is 0 Å². The minimum atomic E-state index is -0.270. The van der Waals surface area contributed by atoms with Crippen molar-refractivity contribution < 1.29 is 9.18 Å². The summed E-state index contributed by atoms with van der Waals surface area (Å²) in [5.41, 5.74) is 0.897. The number of benzene rings is 1. The number of aromatic nitrogens is 3. The molecule has 0 spiro atoms. The average molecular weight is 356 g/mol. The monoisotopic (exact) mass is 356 g/mol. The van der Waals surface area contributed by atoms with E-state index in [-0.39, 0.29) is 17.8 Å². The first-order valence-electron chi connectivity index (χ1n) is 8.20. The molecule has 3 aromatic rings. The normalized spacial score (nSPS) is 14.3. The lowest BCUT2D eigenvalue weighted by molar-refractivity contribution is 0.0941. The Hall–Kier alpha value is -2.54. The predicted octanol–water partition coefficient (Wildman–Crippen LogP) is 3.58. The lowest BCUT2D eigenvalue weighted by Crippen LogP contribution is -2.28. The molecule has 128 valence electrons. The molecule has 0 unspecified atom stereocenters. The number of fused-ring (bicyclic) bond motifs is 1. The summed E-state index contributed by atoms with van der Waals surface area (Å²) in [5, 5.41) is 11.4. The van der Waals surface area contributed by atoms with Crippen LogP contribution < -0.4 is 5.32 Å². The number of nitrogens with zero attached hydrogens (tertiary/aromatic N) is 3. The minimum Gasteiger partial charge on any atom is -0.342 e. The van der Waals surface area contributed by atoms with Crippen LogP contribution in [0.25, 0.3) is 10.4 Å². The van der Waals surface area contributed by atoms with Gasteiger partial charge >= 0.3 is 0 Å². The van der Waals surface area contributed by atoms with Gasteiger partial charge in [0.1, 0.15) is 11.6 Å². The molecule has 7 heteroatoms. The van der Waals surface area contributed by atoms with Crippen LogP contribution in [0.4, 0.5) is 4.39 Å². The van der Waals surface area contributed by atoms with Crippen LogP contribution >= 0.6 is 11.3 Å². The molecular weight excluding hydrogens is 339 g/mol. The van der Waals surface area contributed by atoms with Gasteiger partial charge in [-0.2, -0.15) is 0 Å². The maximum Gasteiger partial charge on any atom is 0.261 e. The molecule has 1 amide bonds. The van der Waals surface area contributed by atoms with Gasteiger partial charge in [0, 0.05) is 17.8 Å². The zero-order valence-electron chi connectivity index (χ0n) is 13.7. The largest absolute Gasteiger partial charge is 0.342 e. The zero-order chi connectivity index (χ0) is 17.4. The topological polar surface area (TPSA) is 59.8 Å². The van der Waals surface area contributed by atoms with Crippen molar-refractivity contribution in [3.63, 3.8) is 0 Å². The summed E-state index contributed by atoms with van der Waals surface area (Å²) in [5.74, 6) is 1.39. The quantitative estimate of drug-likeness (QED) is 0.777. The Morgan fingerprint density at radius 2 is 2.04 bits per heavy atom. The third-order valence-corrected chi connectivity index (χ3v) is 5.46. The standard InChI is InChI=1S/C18H17FN4OS/c1-11(17-22-21-16-3-2-10-23(16)17)20-18(24)15-9-8-14(25-15)12-4-6-13(19)7-5-12/h4-9,11H,2-3,10H2,1H3,(H,20,24)/t11-/m0/s1. The number of hydrogen-bond acceptors (Lipinski definition) is 4. The second-order valence-corrected chi connectivity index (χ2v) is 7.18. The van der Waals surface area contributed by atoms with Crippen molar-refractivity contribution >= 4 is 17.2 Å². The van der Waals surface area contributed by atoms with Crippen LogP contribution in [0.2, 0.25) is 0 Å². The minimum absolute atomic E-state index is 0.138. The highest BCUT2D eigenvalue weighted by Crippen LogP contribution is 2.28. The molecule has 0 bridgehead atoms. The van der Waals surface area contributed by atoms with E-state index in [1.807, 2.05) is 13.0 Å². The molecule has 1 aliphatic rings. The molecule has 4 rings (SSSR count). The molecule has 0 fully saturated rings. The third-order valence-electron chi connectivity index (χ3n) is 4.33. The van der Waals surface area contributed by atoms with Crippen LogP contribution in [0, 0.1) is 5.82 Å². The number of amides is 1. The molecular formula is C18H17FN4OS. The smallest absolute Gasteiger partial charge is 0.261 e. The van der Waals surface area contributed by atoms with Crippen molar-refractivity contribution in [2.45, 2.75) is 32.4 Å². The Kier molecular flexibility index (Phi) is 4.09. The van der Waals surface area contributed by atoms with Gasteiger partial charge < -0.3 is 9.88 Å². The summed E-state index contributed by atoms with van der Waals surface area (Å²) < 4.78 is 15.1. The van der Waals surface area contributed by atoms with E-state index in [9.17, 15) is 9.18 Å². The molecule has 1 aliphatic heterocycles. The number of halogens is 1. The molecule has 25 heavy (non-hydrogen) atoms. The molecule has 5 nitrogen and oxygen atoms in total. The van der Waals surface area contributed by atoms with Gasteiger partial charge in [-0.1, -0.05) is 12.1 Å². The van der Waals surface area contributed by atoms with Crippen LogP contribution in [0.3, 0.4) is 0 Å². The number of rotatable bonds is 4. The van der Waals surface area contributed by atoms with Crippen LogP contribution in [0.5, 0.6) is 0 Å². The van der Waals surface area contributed by atoms with E-state index in [0.29, 0.717) is 4.88 Å². The Balaban J connectivity index is 1.49. The van der Waals surface area contributed by atoms with Crippen LogP contribution in [-0.2, 0) is 13.0 Å². The average Bonchev–Trinajstić information content (AvgIpc) is 3.31. The van der Waals surface area contributed by atoms with E-state index in [2.05, 4.69) is 20.1 Å². The van der Waals surface area contributed by atoms with Gasteiger partial charge in [-0.05, 0) is 43.2 Å². The van der Waals surface area contributed by atoms with Crippen molar-refractivity contribution in [2.24, 2.45) is 0 Å². The fourth-order valence-corrected chi connectivity index (χ4v) is 3.97. The maximum atomic E-state index is 13.0. The van der Waals surface area contributed by atoms with Gasteiger partial charge in [0.2, 0.25) is 0 Å². The highest BCUT2D eigenvalue weighted by atomic mass is 32.1. The molecule has 2 aromatic heterocycles. The second kappa shape index (κ2) is 6.40. The number of aryl methyl sites for hydroxylation is 1. The van der Waals surface area contributed by atoms with E-state index in [4.69, 9.17) is 0 Å². The molecule has 3 heterocycles. The first-order chi connectivity index (χ1) is 12.1. The summed E-state index contributed by atoms with van der Waals surface area (Å²) in [7, 11) is 0. The number of carbonyl (C=O) groups excluding carboxylic acids is 1. The lowest BCUT2D eigenvalue weighted by atomic mass is 10.2. The van der Waals surface area contributed by atoms with Crippen LogP contribution in [-0.4, -0.2) is 20.7 Å². The number of nitrogens with one attached hydrogen (secondary N) is 1. The molecule has 1 aromatic carbocycles. The fourth-order valence-electron chi connectivity index (χ4n) is 3.05. The first-order valence-corrected chi connectivity index (χ1v) is 9.02. The SMILES string of the molecule is C[C@H](NC(=O)c1ccc(-c2ccc(F)cc2)s1)c1nnc2n1CCC2. The molecule has 1 N–H and O–H groups in total. The number of carbonyl (C=O) groups is 1. The van der Waals surface area contributed by atoms with E-state index in [0.717, 1.165) is 41.5 Å². The first kappa shape index (κ1) is 16.0. The van der Waals surface area contributed by atoms with Gasteiger partial charge in [0.25, 0.3) is 5.91 Å². The van der Waals surface area contributed by atoms with Gasteiger partial charge in [0.15, 0.2) is 5.82 Å². The summed E-state index contributed by atoms with van der Waals surface area (Å²) in [6.07, 6.45) is 2.02. The summed E-state index contributed by atoms with van der Waals surface area (Å²) in [6, 6.07) is 9.73. The Morgan fingerprint density at radius 1 is 1.24 bits per heavy atom. The highest BCUT2D eigenvalue weighted by molar-refractivity contribution is 7.17. The second-order valence-electron chi connectivity index (χ2n) is 6.10. The van der Waals surface area contributed by atoms with Crippen molar-refractivity contribution in [3.8, 4) is 10.4 Å². The molecule has 1 atom stereocenters. The van der Waals surface area contributed by atoms with Crippen molar-refractivity contribution in [1.82, 2.24) is 20.1 Å². The van der Waals surface area contributed by atoms with Crippen molar-refractivity contribution in [1.29, 1.82) is 0 Å². The Bertz CT molecular complexity index is 916. The zero-order valence-corrected chi connectivity index (χ0v) is 14.5. The van der Waals surface area contributed by atoms with Gasteiger partial charge in [-0.3, -0.25) is 4.79 Å². The van der Waals surface area contributed by atoms with Crippen LogP contribution in [0.15, 0.2) is 36.4 Å². The van der Waals surface area contributed by atoms with E-state index < -0.39 is 0 Å². The van der Waals surface area contributed by atoms with E-state index in [1.165, 1.54) is 23.5 Å². The van der Waals surface area contributed by atoms with Gasteiger partial charge in [-0.15, -0.1) is 21.5 Å².